The maximum absolute atomic E-state index is 12.3. The van der Waals surface area contributed by atoms with Gasteiger partial charge in [-0.25, -0.2) is 8.42 Å². The molecule has 100 valence electrons. The van der Waals surface area contributed by atoms with E-state index in [0.717, 1.165) is 11.4 Å². The van der Waals surface area contributed by atoms with Crippen molar-refractivity contribution in [3.8, 4) is 0 Å². The molecule has 0 unspecified atom stereocenters. The molecule has 0 fully saturated rings. The number of alkyl halides is 1. The first-order valence-corrected chi connectivity index (χ1v) is 8.07. The smallest absolute Gasteiger partial charge is 0.235 e. The largest absolute Gasteiger partial charge is 0.371 e. The second kappa shape index (κ2) is 5.36. The van der Waals surface area contributed by atoms with Crippen LogP contribution < -0.4 is 9.21 Å². The summed E-state index contributed by atoms with van der Waals surface area (Å²) in [5.41, 5.74) is 1.72. The number of benzene rings is 1. The van der Waals surface area contributed by atoms with Crippen molar-refractivity contribution in [1.29, 1.82) is 0 Å². The molecule has 0 spiro atoms. The van der Waals surface area contributed by atoms with E-state index in [0.29, 0.717) is 25.4 Å². The zero-order valence-electron chi connectivity index (χ0n) is 10.3. The number of fused-ring (bicyclic) bond motifs is 1. The lowest BCUT2D eigenvalue weighted by atomic mass is 10.2. The van der Waals surface area contributed by atoms with Gasteiger partial charge < -0.3 is 4.90 Å². The number of rotatable bonds is 4. The normalized spacial score (nSPS) is 15.7. The Morgan fingerprint density at radius 1 is 1.22 bits per heavy atom. The molecule has 1 aromatic rings. The summed E-state index contributed by atoms with van der Waals surface area (Å²) in [7, 11) is -1.29. The number of sulfonamides is 1. The third-order valence-corrected chi connectivity index (χ3v) is 5.19. The standard InChI is InChI=1S/C12H17ClN2O2S/c1-14-8-9-15(18(16,17)10-4-7-13)12-6-3-2-5-11(12)14/h2-3,5-6H,4,7-10H2,1H3. The van der Waals surface area contributed by atoms with Crippen molar-refractivity contribution >= 4 is 33.0 Å². The minimum atomic E-state index is -3.26. The van der Waals surface area contributed by atoms with Crippen LogP contribution in [0.3, 0.4) is 0 Å². The summed E-state index contributed by atoms with van der Waals surface area (Å²) >= 11 is 5.58. The zero-order chi connectivity index (χ0) is 13.2. The number of halogens is 1. The van der Waals surface area contributed by atoms with E-state index in [9.17, 15) is 8.42 Å². The molecule has 0 radical (unpaired) electrons. The van der Waals surface area contributed by atoms with E-state index in [4.69, 9.17) is 11.6 Å². The van der Waals surface area contributed by atoms with Gasteiger partial charge in [0.05, 0.1) is 23.7 Å². The second-order valence-corrected chi connectivity index (χ2v) is 6.73. The number of nitrogens with zero attached hydrogens (tertiary/aromatic N) is 2. The summed E-state index contributed by atoms with van der Waals surface area (Å²) in [5.74, 6) is 0.475. The Labute approximate surface area is 113 Å². The topological polar surface area (TPSA) is 40.6 Å². The second-order valence-electron chi connectivity index (χ2n) is 4.34. The van der Waals surface area contributed by atoms with Gasteiger partial charge in [-0.05, 0) is 18.6 Å². The molecule has 4 nitrogen and oxygen atoms in total. The Balaban J connectivity index is 2.34. The van der Waals surface area contributed by atoms with Crippen LogP contribution in [0.15, 0.2) is 24.3 Å². The van der Waals surface area contributed by atoms with E-state index in [1.807, 2.05) is 31.3 Å². The monoisotopic (exact) mass is 288 g/mol. The van der Waals surface area contributed by atoms with Crippen LogP contribution in [0.2, 0.25) is 0 Å². The van der Waals surface area contributed by atoms with Gasteiger partial charge >= 0.3 is 0 Å². The molecule has 1 heterocycles. The van der Waals surface area contributed by atoms with E-state index in [1.165, 1.54) is 4.31 Å². The van der Waals surface area contributed by atoms with Crippen LogP contribution in [0.5, 0.6) is 0 Å². The fourth-order valence-corrected chi connectivity index (χ4v) is 3.95. The van der Waals surface area contributed by atoms with Crippen LogP contribution in [0.4, 0.5) is 11.4 Å². The molecular formula is C12H17ClN2O2S. The molecule has 0 aromatic heterocycles. The third-order valence-electron chi connectivity index (χ3n) is 3.07. The van der Waals surface area contributed by atoms with Crippen LogP contribution in [-0.4, -0.2) is 40.2 Å². The Hall–Kier alpha value is -0.940. The Bertz CT molecular complexity index is 519. The van der Waals surface area contributed by atoms with Crippen molar-refractivity contribution in [3.63, 3.8) is 0 Å². The van der Waals surface area contributed by atoms with Crippen LogP contribution in [0, 0.1) is 0 Å². The zero-order valence-corrected chi connectivity index (χ0v) is 11.9. The summed E-state index contributed by atoms with van der Waals surface area (Å²) in [4.78, 5) is 2.07. The maximum atomic E-state index is 12.3. The molecule has 18 heavy (non-hydrogen) atoms. The summed E-state index contributed by atoms with van der Waals surface area (Å²) in [5, 5.41) is 0. The van der Waals surface area contributed by atoms with E-state index in [-0.39, 0.29) is 5.75 Å². The van der Waals surface area contributed by atoms with Crippen LogP contribution in [0.1, 0.15) is 6.42 Å². The van der Waals surface area contributed by atoms with Crippen LogP contribution >= 0.6 is 11.6 Å². The summed E-state index contributed by atoms with van der Waals surface area (Å²) < 4.78 is 26.0. The summed E-state index contributed by atoms with van der Waals surface area (Å²) in [6.07, 6.45) is 0.485. The number of hydrogen-bond donors (Lipinski definition) is 0. The van der Waals surface area contributed by atoms with Crippen molar-refractivity contribution < 1.29 is 8.42 Å². The van der Waals surface area contributed by atoms with Crippen LogP contribution in [-0.2, 0) is 10.0 Å². The molecule has 0 amide bonds. The molecule has 0 saturated carbocycles. The van der Waals surface area contributed by atoms with Gasteiger partial charge in [-0.15, -0.1) is 11.6 Å². The third kappa shape index (κ3) is 2.57. The minimum absolute atomic E-state index is 0.106. The highest BCUT2D eigenvalue weighted by molar-refractivity contribution is 7.92. The van der Waals surface area contributed by atoms with Crippen molar-refractivity contribution in [2.45, 2.75) is 6.42 Å². The average molecular weight is 289 g/mol. The molecule has 2 rings (SSSR count). The lowest BCUT2D eigenvalue weighted by Crippen LogP contribution is -2.43. The Morgan fingerprint density at radius 3 is 2.56 bits per heavy atom. The first-order chi connectivity index (χ1) is 8.56. The van der Waals surface area contributed by atoms with Crippen molar-refractivity contribution in [2.75, 3.05) is 41.0 Å². The van der Waals surface area contributed by atoms with Gasteiger partial charge in [0.1, 0.15) is 0 Å². The number of hydrogen-bond acceptors (Lipinski definition) is 3. The van der Waals surface area contributed by atoms with E-state index >= 15 is 0 Å². The highest BCUT2D eigenvalue weighted by atomic mass is 35.5. The summed E-state index contributed by atoms with van der Waals surface area (Å²) in [6, 6.07) is 7.58. The first kappa shape index (κ1) is 13.5. The van der Waals surface area contributed by atoms with Gasteiger partial charge in [-0.1, -0.05) is 12.1 Å². The van der Waals surface area contributed by atoms with Crippen molar-refractivity contribution in [3.05, 3.63) is 24.3 Å². The van der Waals surface area contributed by atoms with Gasteiger partial charge in [0, 0.05) is 19.5 Å². The quantitative estimate of drug-likeness (QED) is 0.795. The van der Waals surface area contributed by atoms with Gasteiger partial charge in [-0.3, -0.25) is 4.31 Å². The predicted octanol–water partition coefficient (Wildman–Crippen LogP) is 1.90. The highest BCUT2D eigenvalue weighted by Crippen LogP contribution is 2.33. The minimum Gasteiger partial charge on any atom is -0.371 e. The van der Waals surface area contributed by atoms with Gasteiger partial charge in [-0.2, -0.15) is 0 Å². The molecule has 0 aliphatic carbocycles. The predicted molar refractivity (Wildman–Crippen MR) is 76.2 cm³/mol. The highest BCUT2D eigenvalue weighted by Gasteiger charge is 2.28. The Kier molecular flexibility index (Phi) is 4.02. The lowest BCUT2D eigenvalue weighted by molar-refractivity contribution is 0.588. The molecule has 0 bridgehead atoms. The van der Waals surface area contributed by atoms with Gasteiger partial charge in [0.2, 0.25) is 10.0 Å². The van der Waals surface area contributed by atoms with Gasteiger partial charge in [0.15, 0.2) is 0 Å². The van der Waals surface area contributed by atoms with E-state index in [1.54, 1.807) is 0 Å². The Morgan fingerprint density at radius 2 is 1.89 bits per heavy atom. The number of para-hydroxylation sites is 2. The SMILES string of the molecule is CN1CCN(S(=O)(=O)CCCCl)c2ccccc21. The summed E-state index contributed by atoms with van der Waals surface area (Å²) in [6.45, 7) is 1.20. The van der Waals surface area contributed by atoms with Gasteiger partial charge in [0.25, 0.3) is 0 Å². The molecule has 0 N–H and O–H groups in total. The molecule has 0 atom stereocenters. The molecule has 6 heteroatoms. The molecule has 1 aromatic carbocycles. The van der Waals surface area contributed by atoms with Crippen molar-refractivity contribution in [2.24, 2.45) is 0 Å². The van der Waals surface area contributed by atoms with Crippen molar-refractivity contribution in [1.82, 2.24) is 0 Å². The fourth-order valence-electron chi connectivity index (χ4n) is 2.12. The molecule has 0 saturated heterocycles. The molecular weight excluding hydrogens is 272 g/mol. The lowest BCUT2D eigenvalue weighted by Gasteiger charge is -2.36. The first-order valence-electron chi connectivity index (χ1n) is 5.93. The number of anilines is 2. The number of likely N-dealkylation sites (N-methyl/N-ethyl adjacent to an activating group) is 1. The molecule has 1 aliphatic rings. The van der Waals surface area contributed by atoms with E-state index < -0.39 is 10.0 Å². The average Bonchev–Trinajstić information content (AvgIpc) is 2.37. The van der Waals surface area contributed by atoms with Crippen LogP contribution in [0.25, 0.3) is 0 Å². The van der Waals surface area contributed by atoms with E-state index in [2.05, 4.69) is 4.90 Å². The molecule has 1 aliphatic heterocycles. The maximum Gasteiger partial charge on any atom is 0.235 e. The fraction of sp³-hybridized carbons (Fsp3) is 0.500.